The minimum absolute atomic E-state index is 0.217. The highest BCUT2D eigenvalue weighted by atomic mass is 16.5. The molecule has 8 nitrogen and oxygen atoms in total. The van der Waals surface area contributed by atoms with E-state index in [0.29, 0.717) is 34.6 Å². The Hall–Kier alpha value is -3.16. The molecule has 0 bridgehead atoms. The maximum Gasteiger partial charge on any atom is 0.260 e. The number of amides is 1. The largest absolute Gasteiger partial charge is 0.485 e. The summed E-state index contributed by atoms with van der Waals surface area (Å²) in [7, 11) is 0. The van der Waals surface area contributed by atoms with Crippen molar-refractivity contribution in [1.82, 2.24) is 15.3 Å². The maximum absolute atomic E-state index is 12.4. The molecule has 0 saturated heterocycles. The first-order chi connectivity index (χ1) is 12.2. The van der Waals surface area contributed by atoms with Gasteiger partial charge < -0.3 is 19.1 Å². The molecule has 1 aliphatic rings. The van der Waals surface area contributed by atoms with Gasteiger partial charge in [0.05, 0.1) is 5.69 Å². The standard InChI is InChI=1S/C17H16N4O4/c1-10-18-15(20-25-10)9-23-13-6-4-12(5-7-13)19-17(22)14-8-24-21-16(14)11-2-3-11/h4-8,11H,2-3,9H2,1H3,(H,19,22). The van der Waals surface area contributed by atoms with Gasteiger partial charge in [-0.1, -0.05) is 10.3 Å². The van der Waals surface area contributed by atoms with Crippen LogP contribution in [-0.4, -0.2) is 21.2 Å². The zero-order valence-corrected chi connectivity index (χ0v) is 13.6. The summed E-state index contributed by atoms with van der Waals surface area (Å²) in [6, 6.07) is 7.05. The van der Waals surface area contributed by atoms with Crippen molar-refractivity contribution in [2.75, 3.05) is 5.32 Å². The number of aryl methyl sites for hydroxylation is 1. The van der Waals surface area contributed by atoms with Gasteiger partial charge in [0.25, 0.3) is 5.91 Å². The lowest BCUT2D eigenvalue weighted by molar-refractivity contribution is 0.102. The first-order valence-corrected chi connectivity index (χ1v) is 7.97. The number of ether oxygens (including phenoxy) is 1. The second-order valence-corrected chi connectivity index (χ2v) is 5.88. The first-order valence-electron chi connectivity index (χ1n) is 7.97. The van der Waals surface area contributed by atoms with Crippen molar-refractivity contribution in [1.29, 1.82) is 0 Å². The molecule has 0 atom stereocenters. The molecule has 0 spiro atoms. The lowest BCUT2D eigenvalue weighted by Gasteiger charge is -2.07. The van der Waals surface area contributed by atoms with Crippen molar-refractivity contribution < 1.29 is 18.6 Å². The highest BCUT2D eigenvalue weighted by Crippen LogP contribution is 2.40. The van der Waals surface area contributed by atoms with Crippen LogP contribution < -0.4 is 10.1 Å². The highest BCUT2D eigenvalue weighted by Gasteiger charge is 2.31. The normalized spacial score (nSPS) is 13.6. The fourth-order valence-electron chi connectivity index (χ4n) is 2.45. The van der Waals surface area contributed by atoms with Gasteiger partial charge in [-0.25, -0.2) is 0 Å². The Morgan fingerprint density at radius 1 is 1.28 bits per heavy atom. The summed E-state index contributed by atoms with van der Waals surface area (Å²) in [5, 5.41) is 10.5. The van der Waals surface area contributed by atoms with E-state index in [9.17, 15) is 4.79 Å². The number of benzene rings is 1. The third-order valence-corrected chi connectivity index (χ3v) is 3.86. The lowest BCUT2D eigenvalue weighted by atomic mass is 10.1. The smallest absolute Gasteiger partial charge is 0.260 e. The van der Waals surface area contributed by atoms with Gasteiger partial charge in [-0.05, 0) is 37.1 Å². The lowest BCUT2D eigenvalue weighted by Crippen LogP contribution is -2.13. The second kappa shape index (κ2) is 6.39. The Labute approximate surface area is 143 Å². The number of rotatable bonds is 6. The number of anilines is 1. The molecule has 1 aromatic carbocycles. The van der Waals surface area contributed by atoms with Gasteiger partial charge in [-0.2, -0.15) is 4.98 Å². The number of hydrogen-bond acceptors (Lipinski definition) is 7. The van der Waals surface area contributed by atoms with Crippen LogP contribution in [-0.2, 0) is 6.61 Å². The van der Waals surface area contributed by atoms with Crippen LogP contribution in [0, 0.1) is 6.92 Å². The van der Waals surface area contributed by atoms with Gasteiger partial charge in [-0.15, -0.1) is 0 Å². The van der Waals surface area contributed by atoms with E-state index >= 15 is 0 Å². The molecule has 25 heavy (non-hydrogen) atoms. The van der Waals surface area contributed by atoms with Crippen LogP contribution >= 0.6 is 0 Å². The Bertz CT molecular complexity index is 880. The van der Waals surface area contributed by atoms with Gasteiger partial charge in [-0.3, -0.25) is 4.79 Å². The van der Waals surface area contributed by atoms with E-state index in [0.717, 1.165) is 18.5 Å². The number of hydrogen-bond donors (Lipinski definition) is 1. The zero-order chi connectivity index (χ0) is 17.2. The van der Waals surface area contributed by atoms with Gasteiger partial charge >= 0.3 is 0 Å². The topological polar surface area (TPSA) is 103 Å². The maximum atomic E-state index is 12.4. The molecule has 2 heterocycles. The summed E-state index contributed by atoms with van der Waals surface area (Å²) < 4.78 is 15.4. The Morgan fingerprint density at radius 2 is 2.08 bits per heavy atom. The minimum Gasteiger partial charge on any atom is -0.485 e. The van der Waals surface area contributed by atoms with E-state index in [1.54, 1.807) is 31.2 Å². The third kappa shape index (κ3) is 3.52. The summed E-state index contributed by atoms with van der Waals surface area (Å²) in [4.78, 5) is 16.4. The van der Waals surface area contributed by atoms with E-state index in [-0.39, 0.29) is 12.5 Å². The number of aromatic nitrogens is 3. The zero-order valence-electron chi connectivity index (χ0n) is 13.6. The predicted octanol–water partition coefficient (Wildman–Crippen LogP) is 3.07. The number of nitrogens with one attached hydrogen (secondary N) is 1. The number of carbonyl (C=O) groups excluding carboxylic acids is 1. The fourth-order valence-corrected chi connectivity index (χ4v) is 2.45. The second-order valence-electron chi connectivity index (χ2n) is 5.88. The van der Waals surface area contributed by atoms with Crippen LogP contribution in [0.5, 0.6) is 5.75 Å². The van der Waals surface area contributed by atoms with Crippen molar-refractivity contribution in [2.45, 2.75) is 32.3 Å². The molecule has 0 unspecified atom stereocenters. The summed E-state index contributed by atoms with van der Waals surface area (Å²) in [6.07, 6.45) is 3.50. The SMILES string of the molecule is Cc1nc(COc2ccc(NC(=O)c3conc3C3CC3)cc2)no1. The third-order valence-electron chi connectivity index (χ3n) is 3.86. The summed E-state index contributed by atoms with van der Waals surface area (Å²) in [5.41, 5.74) is 1.90. The Morgan fingerprint density at radius 3 is 2.76 bits per heavy atom. The van der Waals surface area contributed by atoms with Crippen molar-refractivity contribution in [3.05, 3.63) is 53.5 Å². The predicted molar refractivity (Wildman–Crippen MR) is 86.2 cm³/mol. The van der Waals surface area contributed by atoms with E-state index in [2.05, 4.69) is 20.6 Å². The van der Waals surface area contributed by atoms with Gasteiger partial charge in [0, 0.05) is 18.5 Å². The molecule has 1 N–H and O–H groups in total. The van der Waals surface area contributed by atoms with Crippen LogP contribution in [0.15, 0.2) is 39.6 Å². The molecule has 128 valence electrons. The van der Waals surface area contributed by atoms with Gasteiger partial charge in [0.1, 0.15) is 17.6 Å². The summed E-state index contributed by atoms with van der Waals surface area (Å²) >= 11 is 0. The van der Waals surface area contributed by atoms with Crippen LogP contribution in [0.4, 0.5) is 5.69 Å². The number of carbonyl (C=O) groups is 1. The molecular formula is C17H16N4O4. The fraction of sp³-hybridized carbons (Fsp3) is 0.294. The van der Waals surface area contributed by atoms with Crippen molar-refractivity contribution >= 4 is 11.6 Å². The highest BCUT2D eigenvalue weighted by molar-refractivity contribution is 6.05. The minimum atomic E-state index is -0.223. The van der Waals surface area contributed by atoms with E-state index in [1.165, 1.54) is 6.26 Å². The van der Waals surface area contributed by atoms with Crippen LogP contribution in [0.1, 0.15) is 46.5 Å². The molecule has 1 amide bonds. The molecule has 8 heteroatoms. The van der Waals surface area contributed by atoms with E-state index in [4.69, 9.17) is 13.8 Å². The quantitative estimate of drug-likeness (QED) is 0.735. The molecule has 3 aromatic rings. The van der Waals surface area contributed by atoms with Gasteiger partial charge in [0.15, 0.2) is 6.61 Å². The summed E-state index contributed by atoms with van der Waals surface area (Å²) in [5.74, 6) is 1.75. The molecule has 1 fully saturated rings. The number of nitrogens with zero attached hydrogens (tertiary/aromatic N) is 3. The monoisotopic (exact) mass is 340 g/mol. The average Bonchev–Trinajstić information content (AvgIpc) is 3.18. The van der Waals surface area contributed by atoms with Crippen LogP contribution in [0.3, 0.4) is 0 Å². The molecule has 4 rings (SSSR count). The van der Waals surface area contributed by atoms with E-state index < -0.39 is 0 Å². The molecule has 2 aromatic heterocycles. The van der Waals surface area contributed by atoms with Gasteiger partial charge in [0.2, 0.25) is 11.7 Å². The average molecular weight is 340 g/mol. The van der Waals surface area contributed by atoms with Crippen molar-refractivity contribution in [2.24, 2.45) is 0 Å². The Kier molecular flexibility index (Phi) is 3.93. The molecule has 0 aliphatic heterocycles. The van der Waals surface area contributed by atoms with Crippen molar-refractivity contribution in [3.63, 3.8) is 0 Å². The molecule has 0 radical (unpaired) electrons. The van der Waals surface area contributed by atoms with Crippen LogP contribution in [0.25, 0.3) is 0 Å². The molecule has 1 aliphatic carbocycles. The molecular weight excluding hydrogens is 324 g/mol. The summed E-state index contributed by atoms with van der Waals surface area (Å²) in [6.45, 7) is 1.94. The van der Waals surface area contributed by atoms with E-state index in [1.807, 2.05) is 0 Å². The first kappa shape index (κ1) is 15.4. The van der Waals surface area contributed by atoms with Crippen LogP contribution in [0.2, 0.25) is 0 Å². The van der Waals surface area contributed by atoms with Crippen molar-refractivity contribution in [3.8, 4) is 5.75 Å². The molecule has 1 saturated carbocycles. The Balaban J connectivity index is 1.36.